The Morgan fingerprint density at radius 1 is 1.12 bits per heavy atom. The number of hydrogen-bond donors (Lipinski definition) is 1. The molecule has 2 heterocycles. The van der Waals surface area contributed by atoms with Crippen molar-refractivity contribution in [3.63, 3.8) is 0 Å². The zero-order valence-electron chi connectivity index (χ0n) is 18.4. The average molecular weight is 503 g/mol. The van der Waals surface area contributed by atoms with Crippen LogP contribution in [0, 0.1) is 5.82 Å². The molecule has 2 aromatic carbocycles. The Labute approximate surface area is 206 Å². The molecule has 10 heteroatoms. The molecule has 2 aliphatic rings. The molecule has 2 aromatic rings. The van der Waals surface area contributed by atoms with Crippen LogP contribution >= 0.6 is 23.4 Å². The molecule has 2 saturated heterocycles. The zero-order chi connectivity index (χ0) is 24.1. The summed E-state index contributed by atoms with van der Waals surface area (Å²) >= 11 is 7.21. The molecular formula is C24H24ClFN4O3S. The second kappa shape index (κ2) is 11.0. The Kier molecular flexibility index (Phi) is 7.84. The van der Waals surface area contributed by atoms with Crippen LogP contribution in [0.2, 0.25) is 5.02 Å². The number of carbonyl (C=O) groups excluding carboxylic acids is 3. The normalized spacial score (nSPS) is 19.4. The van der Waals surface area contributed by atoms with Gasteiger partial charge in [0.15, 0.2) is 5.17 Å². The predicted octanol–water partition coefficient (Wildman–Crippen LogP) is 4.45. The van der Waals surface area contributed by atoms with Gasteiger partial charge in [0.1, 0.15) is 11.1 Å². The summed E-state index contributed by atoms with van der Waals surface area (Å²) < 4.78 is 13.1. The number of carbonyl (C=O) groups is 3. The number of thioether (sulfide) groups is 1. The SMILES string of the molecule is O=C(C[C@H]1SC(=Nc2ccc(Cl)cc2)N(CCCN2CCCC2=O)C1=O)Nc1ccc(F)cc1. The fourth-order valence-corrected chi connectivity index (χ4v) is 5.14. The van der Waals surface area contributed by atoms with Gasteiger partial charge in [0.05, 0.1) is 5.69 Å². The molecule has 0 aliphatic carbocycles. The summed E-state index contributed by atoms with van der Waals surface area (Å²) in [7, 11) is 0. The molecule has 0 saturated carbocycles. The number of hydrogen-bond acceptors (Lipinski definition) is 5. The van der Waals surface area contributed by atoms with E-state index in [0.717, 1.165) is 13.0 Å². The minimum Gasteiger partial charge on any atom is -0.343 e. The van der Waals surface area contributed by atoms with Crippen molar-refractivity contribution in [3.8, 4) is 0 Å². The highest BCUT2D eigenvalue weighted by Crippen LogP contribution is 2.32. The molecule has 0 radical (unpaired) electrons. The Morgan fingerprint density at radius 3 is 2.53 bits per heavy atom. The Balaban J connectivity index is 1.44. The summed E-state index contributed by atoms with van der Waals surface area (Å²) in [6, 6.07) is 12.4. The van der Waals surface area contributed by atoms with E-state index >= 15 is 0 Å². The van der Waals surface area contributed by atoms with Crippen LogP contribution in [0.1, 0.15) is 25.7 Å². The maximum Gasteiger partial charge on any atom is 0.242 e. The van der Waals surface area contributed by atoms with E-state index in [-0.39, 0.29) is 24.1 Å². The maximum atomic E-state index is 13.2. The molecule has 178 valence electrons. The third-order valence-electron chi connectivity index (χ3n) is 5.55. The van der Waals surface area contributed by atoms with Gasteiger partial charge in [0.2, 0.25) is 17.7 Å². The molecule has 1 N–H and O–H groups in total. The minimum absolute atomic E-state index is 0.0401. The lowest BCUT2D eigenvalue weighted by Crippen LogP contribution is -2.36. The standard InChI is InChI=1S/C24H24ClFN4O3S/c25-16-4-8-19(9-5-16)28-24-30(14-2-13-29-12-1-3-22(29)32)23(33)20(34-24)15-21(31)27-18-10-6-17(26)7-11-18/h4-11,20H,1-3,12-15H2,(H,27,31)/t20-/m1/s1. The minimum atomic E-state index is -0.625. The molecule has 0 bridgehead atoms. The van der Waals surface area contributed by atoms with Crippen LogP contribution in [0.15, 0.2) is 53.5 Å². The number of amides is 3. The fraction of sp³-hybridized carbons (Fsp3) is 0.333. The number of nitrogens with zero attached hydrogens (tertiary/aromatic N) is 3. The van der Waals surface area contributed by atoms with Crippen molar-refractivity contribution in [2.75, 3.05) is 25.0 Å². The van der Waals surface area contributed by atoms with Gasteiger partial charge < -0.3 is 10.2 Å². The van der Waals surface area contributed by atoms with Crippen LogP contribution in [0.25, 0.3) is 0 Å². The molecule has 4 rings (SSSR count). The number of nitrogens with one attached hydrogen (secondary N) is 1. The maximum absolute atomic E-state index is 13.2. The molecule has 3 amide bonds. The van der Waals surface area contributed by atoms with Gasteiger partial charge >= 0.3 is 0 Å². The highest BCUT2D eigenvalue weighted by atomic mass is 35.5. The first-order chi connectivity index (χ1) is 16.4. The molecular weight excluding hydrogens is 479 g/mol. The van der Waals surface area contributed by atoms with Crippen LogP contribution in [0.5, 0.6) is 0 Å². The Bertz CT molecular complexity index is 1090. The summed E-state index contributed by atoms with van der Waals surface area (Å²) in [6.45, 7) is 1.73. The summed E-state index contributed by atoms with van der Waals surface area (Å²) in [5.41, 5.74) is 1.11. The van der Waals surface area contributed by atoms with E-state index in [4.69, 9.17) is 11.6 Å². The number of halogens is 2. The first kappa shape index (κ1) is 24.2. The molecule has 0 unspecified atom stereocenters. The van der Waals surface area contributed by atoms with Crippen molar-refractivity contribution in [1.82, 2.24) is 9.80 Å². The topological polar surface area (TPSA) is 82.1 Å². The van der Waals surface area contributed by atoms with Crippen LogP contribution in [-0.4, -0.2) is 57.6 Å². The van der Waals surface area contributed by atoms with Crippen LogP contribution in [-0.2, 0) is 14.4 Å². The third kappa shape index (κ3) is 6.15. The molecule has 7 nitrogen and oxygen atoms in total. The van der Waals surface area contributed by atoms with E-state index in [1.54, 1.807) is 29.2 Å². The van der Waals surface area contributed by atoms with E-state index in [1.807, 2.05) is 4.90 Å². The smallest absolute Gasteiger partial charge is 0.242 e. The largest absolute Gasteiger partial charge is 0.343 e. The van der Waals surface area contributed by atoms with Gasteiger partial charge in [-0.05, 0) is 61.4 Å². The molecule has 2 aliphatic heterocycles. The van der Waals surface area contributed by atoms with Gasteiger partial charge in [-0.3, -0.25) is 19.3 Å². The lowest BCUT2D eigenvalue weighted by atomic mass is 10.2. The summed E-state index contributed by atoms with van der Waals surface area (Å²) in [6.07, 6.45) is 2.02. The van der Waals surface area contributed by atoms with Crippen LogP contribution in [0.3, 0.4) is 0 Å². The van der Waals surface area contributed by atoms with E-state index in [2.05, 4.69) is 10.3 Å². The van der Waals surface area contributed by atoms with Crippen molar-refractivity contribution in [2.45, 2.75) is 30.9 Å². The van der Waals surface area contributed by atoms with E-state index < -0.39 is 11.1 Å². The third-order valence-corrected chi connectivity index (χ3v) is 6.98. The molecule has 1 atom stereocenters. The second-order valence-corrected chi connectivity index (χ2v) is 9.67. The second-order valence-electron chi connectivity index (χ2n) is 8.06. The first-order valence-electron chi connectivity index (χ1n) is 11.0. The quantitative estimate of drug-likeness (QED) is 0.578. The molecule has 0 spiro atoms. The van der Waals surface area contributed by atoms with Gasteiger partial charge in [0.25, 0.3) is 0 Å². The molecule has 2 fully saturated rings. The van der Waals surface area contributed by atoms with Gasteiger partial charge in [-0.15, -0.1) is 0 Å². The van der Waals surface area contributed by atoms with E-state index in [0.29, 0.717) is 47.5 Å². The predicted molar refractivity (Wildman–Crippen MR) is 132 cm³/mol. The van der Waals surface area contributed by atoms with Crippen molar-refractivity contribution < 1.29 is 18.8 Å². The highest BCUT2D eigenvalue weighted by Gasteiger charge is 2.39. The van der Waals surface area contributed by atoms with Crippen molar-refractivity contribution in [2.24, 2.45) is 4.99 Å². The lowest BCUT2D eigenvalue weighted by Gasteiger charge is -2.20. The van der Waals surface area contributed by atoms with Gasteiger partial charge in [-0.1, -0.05) is 23.4 Å². The number of aliphatic imine (C=N–C) groups is 1. The van der Waals surface area contributed by atoms with Gasteiger partial charge in [-0.2, -0.15) is 0 Å². The van der Waals surface area contributed by atoms with E-state index in [1.165, 1.54) is 36.0 Å². The van der Waals surface area contributed by atoms with Crippen molar-refractivity contribution in [3.05, 3.63) is 59.4 Å². The summed E-state index contributed by atoms with van der Waals surface area (Å²) in [4.78, 5) is 45.6. The number of amidine groups is 1. The Hall–Kier alpha value is -2.91. The zero-order valence-corrected chi connectivity index (χ0v) is 19.9. The summed E-state index contributed by atoms with van der Waals surface area (Å²) in [5.74, 6) is -0.783. The van der Waals surface area contributed by atoms with Gasteiger partial charge in [-0.25, -0.2) is 9.38 Å². The molecule has 0 aromatic heterocycles. The number of benzene rings is 2. The average Bonchev–Trinajstić information content (AvgIpc) is 3.34. The number of likely N-dealkylation sites (tertiary alicyclic amines) is 1. The number of rotatable bonds is 8. The van der Waals surface area contributed by atoms with Crippen LogP contribution in [0.4, 0.5) is 15.8 Å². The van der Waals surface area contributed by atoms with Gasteiger partial charge in [0, 0.05) is 43.2 Å². The highest BCUT2D eigenvalue weighted by molar-refractivity contribution is 8.15. The van der Waals surface area contributed by atoms with Crippen molar-refractivity contribution in [1.29, 1.82) is 0 Å². The Morgan fingerprint density at radius 2 is 1.85 bits per heavy atom. The lowest BCUT2D eigenvalue weighted by molar-refractivity contribution is -0.128. The fourth-order valence-electron chi connectivity index (χ4n) is 3.83. The van der Waals surface area contributed by atoms with E-state index in [9.17, 15) is 18.8 Å². The summed E-state index contributed by atoms with van der Waals surface area (Å²) in [5, 5.41) is 3.17. The first-order valence-corrected chi connectivity index (χ1v) is 12.3. The monoisotopic (exact) mass is 502 g/mol. The van der Waals surface area contributed by atoms with Crippen LogP contribution < -0.4 is 5.32 Å². The number of anilines is 1. The van der Waals surface area contributed by atoms with Crippen molar-refractivity contribution >= 4 is 57.6 Å². The molecule has 34 heavy (non-hydrogen) atoms.